The molecule has 0 spiro atoms. The van der Waals surface area contributed by atoms with Gasteiger partial charge < -0.3 is 9.30 Å². The number of rotatable bonds is 7. The van der Waals surface area contributed by atoms with Crippen molar-refractivity contribution in [2.45, 2.75) is 26.3 Å². The van der Waals surface area contributed by atoms with Crippen molar-refractivity contribution in [2.24, 2.45) is 0 Å². The third-order valence-electron chi connectivity index (χ3n) is 4.22. The van der Waals surface area contributed by atoms with Crippen molar-refractivity contribution in [3.63, 3.8) is 0 Å². The van der Waals surface area contributed by atoms with E-state index >= 15 is 0 Å². The van der Waals surface area contributed by atoms with Crippen molar-refractivity contribution < 1.29 is 14.3 Å². The number of nitrogens with zero attached hydrogens (tertiary/aromatic N) is 1. The van der Waals surface area contributed by atoms with E-state index in [1.54, 1.807) is 12.1 Å². The lowest BCUT2D eigenvalue weighted by Gasteiger charge is -2.09. The van der Waals surface area contributed by atoms with Crippen molar-refractivity contribution in [3.8, 4) is 0 Å². The Bertz CT molecular complexity index is 878. The molecule has 3 aromatic rings. The number of carbonyl (C=O) groups excluding carboxylic acids is 2. The van der Waals surface area contributed by atoms with E-state index in [2.05, 4.69) is 6.92 Å². The molecule has 128 valence electrons. The van der Waals surface area contributed by atoms with E-state index < -0.39 is 0 Å². The van der Waals surface area contributed by atoms with Crippen LogP contribution in [0, 0.1) is 0 Å². The highest BCUT2D eigenvalue weighted by atomic mass is 16.5. The fraction of sp³-hybridized carbons (Fsp3) is 0.238. The van der Waals surface area contributed by atoms with E-state index in [4.69, 9.17) is 4.74 Å². The molecule has 0 saturated carbocycles. The van der Waals surface area contributed by atoms with Crippen LogP contribution in [-0.4, -0.2) is 23.4 Å². The maximum atomic E-state index is 11.9. The lowest BCUT2D eigenvalue weighted by Crippen LogP contribution is -2.07. The average Bonchev–Trinajstić information content (AvgIpc) is 3.00. The zero-order chi connectivity index (χ0) is 17.6. The van der Waals surface area contributed by atoms with Crippen LogP contribution < -0.4 is 0 Å². The Hall–Kier alpha value is -2.88. The summed E-state index contributed by atoms with van der Waals surface area (Å²) < 4.78 is 7.20. The Kier molecular flexibility index (Phi) is 5.29. The van der Waals surface area contributed by atoms with Crippen molar-refractivity contribution in [3.05, 3.63) is 71.4 Å². The average molecular weight is 335 g/mol. The predicted molar refractivity (Wildman–Crippen MR) is 98.1 cm³/mol. The number of para-hydroxylation sites is 1. The molecular formula is C21H21NO3. The lowest BCUT2D eigenvalue weighted by molar-refractivity contribution is 0.0499. The first-order valence-electron chi connectivity index (χ1n) is 8.52. The van der Waals surface area contributed by atoms with E-state index in [0.29, 0.717) is 24.4 Å². The molecule has 0 radical (unpaired) electrons. The number of unbranched alkanes of at least 4 members (excludes halogenated alkanes) is 1. The van der Waals surface area contributed by atoms with Crippen molar-refractivity contribution in [1.82, 2.24) is 4.57 Å². The topological polar surface area (TPSA) is 48.3 Å². The molecule has 0 amide bonds. The second kappa shape index (κ2) is 7.79. The van der Waals surface area contributed by atoms with Crippen LogP contribution in [0.2, 0.25) is 0 Å². The van der Waals surface area contributed by atoms with Gasteiger partial charge in [0.2, 0.25) is 0 Å². The molecule has 1 heterocycles. The minimum absolute atomic E-state index is 0.292. The van der Waals surface area contributed by atoms with Crippen molar-refractivity contribution in [1.29, 1.82) is 0 Å². The molecule has 1 aromatic heterocycles. The molecule has 0 bridgehead atoms. The number of aldehydes is 1. The van der Waals surface area contributed by atoms with Gasteiger partial charge in [0.1, 0.15) is 0 Å². The molecule has 0 N–H and O–H groups in total. The number of benzene rings is 2. The van der Waals surface area contributed by atoms with Crippen LogP contribution in [-0.2, 0) is 11.3 Å². The molecule has 0 unspecified atom stereocenters. The number of ether oxygens (including phenoxy) is 1. The zero-order valence-corrected chi connectivity index (χ0v) is 14.3. The summed E-state index contributed by atoms with van der Waals surface area (Å²) in [6.45, 7) is 3.09. The SMILES string of the molecule is CCCCOC(=O)c1ccc(Cn2c(C=O)cc3ccccc32)cc1. The summed E-state index contributed by atoms with van der Waals surface area (Å²) >= 11 is 0. The van der Waals surface area contributed by atoms with Crippen LogP contribution in [0.5, 0.6) is 0 Å². The highest BCUT2D eigenvalue weighted by Crippen LogP contribution is 2.20. The first-order chi connectivity index (χ1) is 12.2. The first kappa shape index (κ1) is 17.0. The molecule has 0 fully saturated rings. The fourth-order valence-electron chi connectivity index (χ4n) is 2.83. The van der Waals surface area contributed by atoms with Crippen LogP contribution in [0.3, 0.4) is 0 Å². The third-order valence-corrected chi connectivity index (χ3v) is 4.22. The number of carbonyl (C=O) groups is 2. The van der Waals surface area contributed by atoms with Gasteiger partial charge in [0, 0.05) is 17.4 Å². The molecule has 25 heavy (non-hydrogen) atoms. The molecular weight excluding hydrogens is 314 g/mol. The Morgan fingerprint density at radius 1 is 1.12 bits per heavy atom. The predicted octanol–water partition coefficient (Wildman–Crippen LogP) is 4.46. The van der Waals surface area contributed by atoms with Crippen LogP contribution in [0.1, 0.15) is 46.2 Å². The lowest BCUT2D eigenvalue weighted by atomic mass is 10.1. The van der Waals surface area contributed by atoms with Gasteiger partial charge in [-0.3, -0.25) is 4.79 Å². The molecule has 0 saturated heterocycles. The van der Waals surface area contributed by atoms with Gasteiger partial charge in [0.15, 0.2) is 6.29 Å². The summed E-state index contributed by atoms with van der Waals surface area (Å²) in [6, 6.07) is 17.2. The van der Waals surface area contributed by atoms with E-state index in [1.165, 1.54) is 0 Å². The smallest absolute Gasteiger partial charge is 0.338 e. The molecule has 4 heteroatoms. The highest BCUT2D eigenvalue weighted by Gasteiger charge is 2.10. The van der Waals surface area contributed by atoms with Crippen molar-refractivity contribution in [2.75, 3.05) is 6.61 Å². The first-order valence-corrected chi connectivity index (χ1v) is 8.52. The van der Waals surface area contributed by atoms with Gasteiger partial charge in [-0.1, -0.05) is 43.7 Å². The molecule has 0 atom stereocenters. The minimum atomic E-state index is -0.292. The van der Waals surface area contributed by atoms with E-state index in [0.717, 1.165) is 35.6 Å². The van der Waals surface area contributed by atoms with E-state index in [1.807, 2.05) is 47.0 Å². The summed E-state index contributed by atoms with van der Waals surface area (Å²) in [6.07, 6.45) is 2.74. The summed E-state index contributed by atoms with van der Waals surface area (Å²) in [5.74, 6) is -0.292. The largest absolute Gasteiger partial charge is 0.462 e. The van der Waals surface area contributed by atoms with Gasteiger partial charge >= 0.3 is 5.97 Å². The fourth-order valence-corrected chi connectivity index (χ4v) is 2.83. The van der Waals surface area contributed by atoms with Crippen LogP contribution >= 0.6 is 0 Å². The maximum Gasteiger partial charge on any atom is 0.338 e. The van der Waals surface area contributed by atoms with Crippen molar-refractivity contribution >= 4 is 23.2 Å². The third kappa shape index (κ3) is 3.79. The summed E-state index contributed by atoms with van der Waals surface area (Å²) in [4.78, 5) is 23.3. The molecule has 0 aliphatic rings. The molecule has 3 rings (SSSR count). The molecule has 0 aliphatic carbocycles. The van der Waals surface area contributed by atoms with Crippen LogP contribution in [0.4, 0.5) is 0 Å². The van der Waals surface area contributed by atoms with E-state index in [9.17, 15) is 9.59 Å². The Morgan fingerprint density at radius 3 is 2.60 bits per heavy atom. The Balaban J connectivity index is 1.78. The number of esters is 1. The Morgan fingerprint density at radius 2 is 1.88 bits per heavy atom. The molecule has 0 aliphatic heterocycles. The normalized spacial score (nSPS) is 10.8. The van der Waals surface area contributed by atoms with Gasteiger partial charge in [-0.25, -0.2) is 4.79 Å². The quantitative estimate of drug-likeness (QED) is 0.364. The second-order valence-corrected chi connectivity index (χ2v) is 6.02. The van der Waals surface area contributed by atoms with Crippen LogP contribution in [0.15, 0.2) is 54.6 Å². The number of hydrogen-bond donors (Lipinski definition) is 0. The van der Waals surface area contributed by atoms with Gasteiger partial charge in [0.05, 0.1) is 17.9 Å². The number of fused-ring (bicyclic) bond motifs is 1. The summed E-state index contributed by atoms with van der Waals surface area (Å²) in [5.41, 5.74) is 3.24. The molecule has 2 aromatic carbocycles. The second-order valence-electron chi connectivity index (χ2n) is 6.02. The molecule has 4 nitrogen and oxygen atoms in total. The van der Waals surface area contributed by atoms with Crippen LogP contribution in [0.25, 0.3) is 10.9 Å². The number of aromatic nitrogens is 1. The summed E-state index contributed by atoms with van der Waals surface area (Å²) in [7, 11) is 0. The minimum Gasteiger partial charge on any atom is -0.462 e. The monoisotopic (exact) mass is 335 g/mol. The zero-order valence-electron chi connectivity index (χ0n) is 14.3. The highest BCUT2D eigenvalue weighted by molar-refractivity contribution is 5.90. The van der Waals surface area contributed by atoms with Gasteiger partial charge in [-0.2, -0.15) is 0 Å². The van der Waals surface area contributed by atoms with Gasteiger partial charge in [-0.15, -0.1) is 0 Å². The van der Waals surface area contributed by atoms with Gasteiger partial charge in [0.25, 0.3) is 0 Å². The maximum absolute atomic E-state index is 11.9. The number of hydrogen-bond acceptors (Lipinski definition) is 3. The standard InChI is InChI=1S/C21H21NO3/c1-2-3-12-25-21(24)17-10-8-16(9-11-17)14-22-19(15-23)13-18-6-4-5-7-20(18)22/h4-11,13,15H,2-3,12,14H2,1H3. The Labute approximate surface area is 147 Å². The van der Waals surface area contributed by atoms with Gasteiger partial charge in [-0.05, 0) is 36.2 Å². The van der Waals surface area contributed by atoms with E-state index in [-0.39, 0.29) is 5.97 Å². The summed E-state index contributed by atoms with van der Waals surface area (Å²) in [5, 5.41) is 1.04.